The second kappa shape index (κ2) is 17.6. The summed E-state index contributed by atoms with van der Waals surface area (Å²) in [6.07, 6.45) is 3.16. The first-order chi connectivity index (χ1) is 23.1. The van der Waals surface area contributed by atoms with Crippen LogP contribution in [0.25, 0.3) is 0 Å². The van der Waals surface area contributed by atoms with Crippen molar-refractivity contribution >= 4 is 41.6 Å². The Kier molecular flexibility index (Phi) is 15.2. The van der Waals surface area contributed by atoms with E-state index in [0.29, 0.717) is 62.9 Å². The van der Waals surface area contributed by atoms with Crippen molar-refractivity contribution in [3.63, 3.8) is 0 Å². The third kappa shape index (κ3) is 12.9. The molecule has 1 aromatic rings. The zero-order valence-corrected chi connectivity index (χ0v) is 32.8. The SMILES string of the molecule is CC(C)(C)C(=O)SCCCCOP(=O)(OCCCCSC(=O)C(C)(C)C)OCC1(F)CC(C)(OC2(O)CCCC2)C(n2ccc(=O)[nH]c2=O)O1. The normalized spacial score (nSPS) is 24.1. The molecule has 1 saturated heterocycles. The highest BCUT2D eigenvalue weighted by Gasteiger charge is 2.60. The fourth-order valence-corrected chi connectivity index (χ4v) is 8.60. The molecule has 286 valence electrons. The minimum Gasteiger partial charge on any atom is -0.365 e. The zero-order chi connectivity index (χ0) is 37.4. The van der Waals surface area contributed by atoms with Gasteiger partial charge in [0.1, 0.15) is 12.2 Å². The average molecular weight is 769 g/mol. The smallest absolute Gasteiger partial charge is 0.365 e. The molecule has 1 aliphatic carbocycles. The number of aromatic amines is 1. The number of phosphoric acid groups is 1. The molecule has 3 atom stereocenters. The molecule has 0 spiro atoms. The van der Waals surface area contributed by atoms with Gasteiger partial charge in [-0.25, -0.2) is 13.8 Å². The van der Waals surface area contributed by atoms with E-state index in [1.807, 2.05) is 41.5 Å². The summed E-state index contributed by atoms with van der Waals surface area (Å²) in [6, 6.07) is 1.08. The lowest BCUT2D eigenvalue weighted by atomic mass is 9.97. The van der Waals surface area contributed by atoms with Gasteiger partial charge >= 0.3 is 13.5 Å². The van der Waals surface area contributed by atoms with E-state index in [-0.39, 0.29) is 23.4 Å². The van der Waals surface area contributed by atoms with Crippen LogP contribution in [0.15, 0.2) is 21.9 Å². The Balaban J connectivity index is 1.70. The first-order valence-corrected chi connectivity index (χ1v) is 20.5. The molecular weight excluding hydrogens is 714 g/mol. The molecule has 0 bridgehead atoms. The van der Waals surface area contributed by atoms with Gasteiger partial charge in [0.15, 0.2) is 22.2 Å². The number of nitrogens with zero attached hydrogens (tertiary/aromatic N) is 1. The largest absolute Gasteiger partial charge is 0.474 e. The van der Waals surface area contributed by atoms with Crippen LogP contribution in [0.1, 0.15) is 112 Å². The molecule has 1 aromatic heterocycles. The lowest BCUT2D eigenvalue weighted by Crippen LogP contribution is -2.47. The predicted molar refractivity (Wildman–Crippen MR) is 191 cm³/mol. The van der Waals surface area contributed by atoms with Gasteiger partial charge in [0.2, 0.25) is 5.85 Å². The van der Waals surface area contributed by atoms with E-state index >= 15 is 4.39 Å². The van der Waals surface area contributed by atoms with E-state index in [0.717, 1.165) is 16.8 Å². The molecule has 1 aliphatic heterocycles. The standard InChI is InChI=1S/C33H54FN2O11PS2/c1-29(2,3)26(38)49-20-12-10-18-43-48(42,44-19-11-13-21-50-27(39)30(4,5)6)45-23-32(34)22-31(7,47-33(41)15-8-9-16-33)25(46-32)36-17-14-24(37)35-28(36)40/h14,17,25,41H,8-13,15-16,18-23H2,1-7H3,(H,35,37,40). The molecular formula is C33H54FN2O11PS2. The monoisotopic (exact) mass is 768 g/mol. The number of H-pyrrole nitrogens is 1. The van der Waals surface area contributed by atoms with Crippen LogP contribution in [0.3, 0.4) is 0 Å². The van der Waals surface area contributed by atoms with Crippen molar-refractivity contribution in [3.05, 3.63) is 33.1 Å². The van der Waals surface area contributed by atoms with E-state index in [4.69, 9.17) is 23.0 Å². The molecule has 3 rings (SSSR count). The van der Waals surface area contributed by atoms with Crippen molar-refractivity contribution in [2.75, 3.05) is 31.3 Å². The molecule has 3 unspecified atom stereocenters. The second-order valence-electron chi connectivity index (χ2n) is 15.2. The Morgan fingerprint density at radius 1 is 0.980 bits per heavy atom. The summed E-state index contributed by atoms with van der Waals surface area (Å²) in [5.74, 6) is -3.19. The topological polar surface area (TPSA) is 172 Å². The number of ether oxygens (including phenoxy) is 2. The van der Waals surface area contributed by atoms with Gasteiger partial charge < -0.3 is 14.6 Å². The summed E-state index contributed by atoms with van der Waals surface area (Å²) < 4.78 is 60.0. The van der Waals surface area contributed by atoms with E-state index in [1.54, 1.807) is 0 Å². The number of hydrogen-bond acceptors (Lipinski definition) is 13. The fourth-order valence-electron chi connectivity index (χ4n) is 5.39. The van der Waals surface area contributed by atoms with Gasteiger partial charge in [-0.05, 0) is 45.4 Å². The predicted octanol–water partition coefficient (Wildman–Crippen LogP) is 6.49. The van der Waals surface area contributed by atoms with Gasteiger partial charge in [0.05, 0.1) is 13.2 Å². The van der Waals surface area contributed by atoms with Crippen LogP contribution in [0.4, 0.5) is 4.39 Å². The summed E-state index contributed by atoms with van der Waals surface area (Å²) in [7, 11) is -4.37. The molecule has 1 saturated carbocycles. The van der Waals surface area contributed by atoms with Crippen LogP contribution in [0.5, 0.6) is 0 Å². The zero-order valence-electron chi connectivity index (χ0n) is 30.3. The average Bonchev–Trinajstić information content (AvgIpc) is 3.53. The fraction of sp³-hybridized carbons (Fsp3) is 0.818. The number of hydrogen-bond donors (Lipinski definition) is 2. The molecule has 0 aromatic carbocycles. The number of carbonyl (C=O) groups is 2. The summed E-state index contributed by atoms with van der Waals surface area (Å²) in [5.41, 5.74) is -4.09. The second-order valence-corrected chi connectivity index (χ2v) is 19.0. The Bertz CT molecular complexity index is 1430. The maximum Gasteiger partial charge on any atom is 0.474 e. The number of nitrogens with one attached hydrogen (secondary N) is 1. The first-order valence-electron chi connectivity index (χ1n) is 17.1. The number of unbranched alkanes of at least 4 members (excludes halogenated alkanes) is 2. The number of aromatic nitrogens is 2. The number of aliphatic hydroxyl groups is 1. The Morgan fingerprint density at radius 3 is 1.98 bits per heavy atom. The van der Waals surface area contributed by atoms with E-state index in [1.165, 1.54) is 30.4 Å². The van der Waals surface area contributed by atoms with Crippen LogP contribution in [-0.2, 0) is 37.2 Å². The van der Waals surface area contributed by atoms with E-state index < -0.39 is 66.4 Å². The number of thioether (sulfide) groups is 2. The van der Waals surface area contributed by atoms with Gasteiger partial charge in [-0.2, -0.15) is 0 Å². The van der Waals surface area contributed by atoms with Crippen LogP contribution >= 0.6 is 31.3 Å². The molecule has 2 fully saturated rings. The first kappa shape index (κ1) is 43.0. The van der Waals surface area contributed by atoms with Crippen LogP contribution < -0.4 is 11.2 Å². The van der Waals surface area contributed by atoms with Crippen LogP contribution in [0, 0.1) is 10.8 Å². The van der Waals surface area contributed by atoms with Gasteiger partial charge in [-0.3, -0.25) is 37.5 Å². The summed E-state index contributed by atoms with van der Waals surface area (Å²) in [4.78, 5) is 51.0. The number of halogens is 1. The van der Waals surface area contributed by atoms with Gasteiger partial charge in [-0.15, -0.1) is 0 Å². The maximum atomic E-state index is 16.6. The maximum absolute atomic E-state index is 16.6. The molecule has 50 heavy (non-hydrogen) atoms. The summed E-state index contributed by atoms with van der Waals surface area (Å²) >= 11 is 2.42. The molecule has 2 aliphatic rings. The molecule has 17 heteroatoms. The summed E-state index contributed by atoms with van der Waals surface area (Å²) in [6.45, 7) is 11.5. The number of rotatable bonds is 18. The van der Waals surface area contributed by atoms with Crippen molar-refractivity contribution < 1.29 is 46.7 Å². The molecule has 2 N–H and O–H groups in total. The van der Waals surface area contributed by atoms with Gasteiger partial charge in [0.25, 0.3) is 5.56 Å². The Morgan fingerprint density at radius 2 is 1.50 bits per heavy atom. The number of alkyl halides is 1. The highest BCUT2D eigenvalue weighted by Crippen LogP contribution is 2.55. The third-order valence-electron chi connectivity index (χ3n) is 8.08. The van der Waals surface area contributed by atoms with Crippen molar-refractivity contribution in [1.29, 1.82) is 0 Å². The minimum atomic E-state index is -4.37. The van der Waals surface area contributed by atoms with Crippen molar-refractivity contribution in [2.24, 2.45) is 10.8 Å². The van der Waals surface area contributed by atoms with Gasteiger partial charge in [-0.1, -0.05) is 65.1 Å². The van der Waals surface area contributed by atoms with Crippen LogP contribution in [-0.4, -0.2) is 73.5 Å². The lowest BCUT2D eigenvalue weighted by molar-refractivity contribution is -0.278. The van der Waals surface area contributed by atoms with Crippen LogP contribution in [0.2, 0.25) is 0 Å². The van der Waals surface area contributed by atoms with Gasteiger partial charge in [0, 0.05) is 53.9 Å². The minimum absolute atomic E-state index is 0.0547. The molecule has 2 heterocycles. The van der Waals surface area contributed by atoms with Crippen molar-refractivity contribution in [3.8, 4) is 0 Å². The molecule has 0 amide bonds. The van der Waals surface area contributed by atoms with E-state index in [9.17, 15) is 28.8 Å². The highest BCUT2D eigenvalue weighted by molar-refractivity contribution is 8.14. The van der Waals surface area contributed by atoms with Crippen molar-refractivity contribution in [1.82, 2.24) is 9.55 Å². The molecule has 13 nitrogen and oxygen atoms in total. The molecule has 0 radical (unpaired) electrons. The van der Waals surface area contributed by atoms with E-state index in [2.05, 4.69) is 4.98 Å². The number of carbonyl (C=O) groups excluding carboxylic acids is 2. The summed E-state index contributed by atoms with van der Waals surface area (Å²) in [5, 5.41) is 11.2. The Hall–Kier alpha value is -1.36. The third-order valence-corrected chi connectivity index (χ3v) is 12.3. The quantitative estimate of drug-likeness (QED) is 0.0944. The Labute approximate surface area is 302 Å². The van der Waals surface area contributed by atoms with Crippen molar-refractivity contribution in [2.45, 2.75) is 130 Å². The number of phosphoric ester groups is 1. The highest BCUT2D eigenvalue weighted by atomic mass is 32.2. The lowest BCUT2D eigenvalue weighted by Gasteiger charge is -2.37.